The van der Waals surface area contributed by atoms with Crippen molar-refractivity contribution < 1.29 is 9.53 Å². The number of nitrogens with one attached hydrogen (secondary N) is 2. The first-order valence-electron chi connectivity index (χ1n) is 13.1. The molecule has 4 aromatic rings. The van der Waals surface area contributed by atoms with Gasteiger partial charge in [0, 0.05) is 48.7 Å². The van der Waals surface area contributed by atoms with Crippen molar-refractivity contribution in [1.82, 2.24) is 35.4 Å². The smallest absolute Gasteiger partial charge is 0.255 e. The Morgan fingerprint density at radius 3 is 2.92 bits per heavy atom. The number of amides is 1. The average Bonchev–Trinajstić information content (AvgIpc) is 3.60. The van der Waals surface area contributed by atoms with Gasteiger partial charge in [0.15, 0.2) is 0 Å². The lowest BCUT2D eigenvalue weighted by Crippen LogP contribution is -2.44. The summed E-state index contributed by atoms with van der Waals surface area (Å²) in [7, 11) is 1.85. The van der Waals surface area contributed by atoms with Gasteiger partial charge in [-0.05, 0) is 68.0 Å². The van der Waals surface area contributed by atoms with E-state index in [2.05, 4.69) is 53.9 Å². The van der Waals surface area contributed by atoms with Gasteiger partial charge in [0.1, 0.15) is 11.5 Å². The van der Waals surface area contributed by atoms with Crippen molar-refractivity contribution in [3.8, 4) is 11.3 Å². The molecule has 202 valence electrons. The molecule has 2 aliphatic rings. The third-order valence-electron chi connectivity index (χ3n) is 7.74. The van der Waals surface area contributed by atoms with Gasteiger partial charge in [-0.25, -0.2) is 9.67 Å². The lowest BCUT2D eigenvalue weighted by molar-refractivity contribution is -0.113. The molecule has 2 aliphatic heterocycles. The first-order chi connectivity index (χ1) is 18.8. The van der Waals surface area contributed by atoms with E-state index in [1.165, 1.54) is 0 Å². The number of morpholine rings is 1. The van der Waals surface area contributed by atoms with Gasteiger partial charge in [-0.1, -0.05) is 12.0 Å². The van der Waals surface area contributed by atoms with Crippen LogP contribution in [-0.4, -0.2) is 74.1 Å². The second-order valence-corrected chi connectivity index (χ2v) is 10.5. The summed E-state index contributed by atoms with van der Waals surface area (Å²) in [4.78, 5) is 22.4. The molecule has 12 nitrogen and oxygen atoms in total. The Morgan fingerprint density at radius 2 is 2.10 bits per heavy atom. The number of allylic oxidation sites excluding steroid dienone is 1. The van der Waals surface area contributed by atoms with Crippen LogP contribution in [0.3, 0.4) is 0 Å². The fraction of sp³-hybridized carbons (Fsp3) is 0.407. The van der Waals surface area contributed by atoms with Crippen LogP contribution in [0.15, 0.2) is 47.8 Å². The van der Waals surface area contributed by atoms with Crippen molar-refractivity contribution in [2.24, 2.45) is 0 Å². The summed E-state index contributed by atoms with van der Waals surface area (Å²) in [5.41, 5.74) is 3.96. The summed E-state index contributed by atoms with van der Waals surface area (Å²) in [5.74, 6) is 1.29. The van der Waals surface area contributed by atoms with Gasteiger partial charge in [0.05, 0.1) is 29.3 Å². The van der Waals surface area contributed by atoms with Crippen LogP contribution in [0.2, 0.25) is 0 Å². The number of tetrazole rings is 1. The van der Waals surface area contributed by atoms with Gasteiger partial charge >= 0.3 is 0 Å². The zero-order valence-corrected chi connectivity index (χ0v) is 22.8. The molecular formula is C27H32N10O2. The Hall–Kier alpha value is -4.32. The summed E-state index contributed by atoms with van der Waals surface area (Å²) in [5, 5.41) is 23.8. The molecule has 5 heterocycles. The SMILES string of the molecule is CC[C@@H]1CN(c2cc(-c3n[nH]c4ccc(NC(=O)C5=C(C)N(C)c6nnnn6C5(C)C)cc34)ccn2)CCO1. The standard InChI is InChI=1S/C27H32N10O2/c1-6-19-15-36(11-12-39-19)22-13-17(9-10-28-22)24-20-14-18(7-8-21(20)30-31-24)29-25(38)23-16(2)35(5)26-32-33-34-37(26)27(23,3)4/h7-10,13-14,19H,6,11-12,15H2,1-5H3,(H,29,38)(H,30,31)/t19-/m1/s1. The topological polar surface area (TPSA) is 130 Å². The number of aromatic nitrogens is 7. The summed E-state index contributed by atoms with van der Waals surface area (Å²) in [6, 6.07) is 9.77. The number of H-pyrrole nitrogens is 1. The number of nitrogens with zero attached hydrogens (tertiary/aromatic N) is 8. The molecule has 0 spiro atoms. The van der Waals surface area contributed by atoms with Crippen LogP contribution in [0.5, 0.6) is 0 Å². The van der Waals surface area contributed by atoms with Crippen LogP contribution in [0.4, 0.5) is 17.5 Å². The van der Waals surface area contributed by atoms with Crippen LogP contribution in [0, 0.1) is 0 Å². The molecular weight excluding hydrogens is 496 g/mol. The van der Waals surface area contributed by atoms with E-state index in [0.717, 1.165) is 53.2 Å². The van der Waals surface area contributed by atoms with Gasteiger partial charge in [-0.15, -0.1) is 0 Å². The number of carbonyl (C=O) groups excluding carboxylic acids is 1. The van der Waals surface area contributed by atoms with Crippen molar-refractivity contribution in [1.29, 1.82) is 0 Å². The van der Waals surface area contributed by atoms with Crippen molar-refractivity contribution in [2.75, 3.05) is 41.9 Å². The van der Waals surface area contributed by atoms with E-state index in [-0.39, 0.29) is 12.0 Å². The second-order valence-electron chi connectivity index (χ2n) is 10.5. The van der Waals surface area contributed by atoms with Crippen molar-refractivity contribution in [3.05, 3.63) is 47.8 Å². The van der Waals surface area contributed by atoms with Crippen molar-refractivity contribution in [3.63, 3.8) is 0 Å². The van der Waals surface area contributed by atoms with Crippen LogP contribution in [0.25, 0.3) is 22.2 Å². The van der Waals surface area contributed by atoms with E-state index in [4.69, 9.17) is 4.74 Å². The maximum absolute atomic E-state index is 13.6. The predicted molar refractivity (Wildman–Crippen MR) is 148 cm³/mol. The molecule has 1 atom stereocenters. The van der Waals surface area contributed by atoms with E-state index < -0.39 is 5.54 Å². The summed E-state index contributed by atoms with van der Waals surface area (Å²) < 4.78 is 7.50. The Kier molecular flexibility index (Phi) is 6.06. The number of carbonyl (C=O) groups is 1. The maximum atomic E-state index is 13.6. The number of pyridine rings is 1. The zero-order chi connectivity index (χ0) is 27.3. The normalized spacial score (nSPS) is 18.9. The van der Waals surface area contributed by atoms with Crippen LogP contribution in [-0.2, 0) is 15.1 Å². The zero-order valence-electron chi connectivity index (χ0n) is 22.8. The Morgan fingerprint density at radius 1 is 1.26 bits per heavy atom. The molecule has 6 rings (SSSR count). The molecule has 0 bridgehead atoms. The first kappa shape index (κ1) is 25.0. The summed E-state index contributed by atoms with van der Waals surface area (Å²) >= 11 is 0. The van der Waals surface area contributed by atoms with Crippen LogP contribution < -0.4 is 15.1 Å². The fourth-order valence-corrected chi connectivity index (χ4v) is 5.48. The van der Waals surface area contributed by atoms with Crippen LogP contribution in [0.1, 0.15) is 34.1 Å². The van der Waals surface area contributed by atoms with Crippen molar-refractivity contribution in [2.45, 2.75) is 45.8 Å². The largest absolute Gasteiger partial charge is 0.375 e. The van der Waals surface area contributed by atoms with Gasteiger partial charge in [-0.3, -0.25) is 9.89 Å². The highest BCUT2D eigenvalue weighted by atomic mass is 16.5. The van der Waals surface area contributed by atoms with Gasteiger partial charge in [-0.2, -0.15) is 5.10 Å². The number of ether oxygens (including phenoxy) is 1. The molecule has 1 fully saturated rings. The molecule has 12 heteroatoms. The van der Waals surface area contributed by atoms with E-state index >= 15 is 0 Å². The average molecular weight is 529 g/mol. The van der Waals surface area contributed by atoms with Gasteiger partial charge < -0.3 is 19.9 Å². The number of hydrogen-bond donors (Lipinski definition) is 2. The first-order valence-corrected chi connectivity index (χ1v) is 13.1. The number of benzene rings is 1. The van der Waals surface area contributed by atoms with E-state index in [0.29, 0.717) is 23.8 Å². The van der Waals surface area contributed by atoms with Gasteiger partial charge in [0.2, 0.25) is 5.95 Å². The molecule has 1 amide bonds. The Labute approximate surface area is 226 Å². The highest BCUT2D eigenvalue weighted by Crippen LogP contribution is 2.37. The summed E-state index contributed by atoms with van der Waals surface area (Å²) in [6.45, 7) is 10.2. The minimum Gasteiger partial charge on any atom is -0.375 e. The quantitative estimate of drug-likeness (QED) is 0.401. The third-order valence-corrected chi connectivity index (χ3v) is 7.74. The summed E-state index contributed by atoms with van der Waals surface area (Å²) in [6.07, 6.45) is 2.99. The highest BCUT2D eigenvalue weighted by Gasteiger charge is 2.41. The Bertz CT molecular complexity index is 1590. The minimum atomic E-state index is -0.728. The molecule has 2 N–H and O–H groups in total. The molecule has 1 saturated heterocycles. The monoisotopic (exact) mass is 528 g/mol. The lowest BCUT2D eigenvalue weighted by atomic mass is 9.89. The predicted octanol–water partition coefficient (Wildman–Crippen LogP) is 3.32. The molecule has 0 radical (unpaired) electrons. The van der Waals surface area contributed by atoms with Crippen LogP contribution >= 0.6 is 0 Å². The third kappa shape index (κ3) is 4.20. The second kappa shape index (κ2) is 9.45. The number of hydrogen-bond acceptors (Lipinski definition) is 9. The fourth-order valence-electron chi connectivity index (χ4n) is 5.48. The molecule has 0 aliphatic carbocycles. The lowest BCUT2D eigenvalue weighted by Gasteiger charge is -2.37. The molecule has 39 heavy (non-hydrogen) atoms. The van der Waals surface area contributed by atoms with E-state index in [1.807, 2.05) is 63.2 Å². The number of fused-ring (bicyclic) bond motifs is 2. The Balaban J connectivity index is 1.30. The number of rotatable bonds is 5. The number of aromatic amines is 1. The molecule has 1 aromatic carbocycles. The van der Waals surface area contributed by atoms with Gasteiger partial charge in [0.25, 0.3) is 5.91 Å². The van der Waals surface area contributed by atoms with Crippen molar-refractivity contribution >= 4 is 34.3 Å². The minimum absolute atomic E-state index is 0.209. The van der Waals surface area contributed by atoms with E-state index in [1.54, 1.807) is 4.68 Å². The molecule has 3 aromatic heterocycles. The highest BCUT2D eigenvalue weighted by molar-refractivity contribution is 6.07. The number of anilines is 3. The maximum Gasteiger partial charge on any atom is 0.255 e. The van der Waals surface area contributed by atoms with E-state index in [9.17, 15) is 4.79 Å². The molecule has 0 saturated carbocycles. The molecule has 0 unspecified atom stereocenters.